The van der Waals surface area contributed by atoms with E-state index in [9.17, 15) is 9.59 Å². The summed E-state index contributed by atoms with van der Waals surface area (Å²) in [5.41, 5.74) is 4.25. The minimum atomic E-state index is -1.30. The van der Waals surface area contributed by atoms with Crippen LogP contribution in [-0.2, 0) is 9.59 Å². The van der Waals surface area contributed by atoms with Crippen LogP contribution in [0.3, 0.4) is 0 Å². The number of aliphatic hydroxyl groups excluding tert-OH is 1. The predicted octanol–water partition coefficient (Wildman–Crippen LogP) is -1.71. The van der Waals surface area contributed by atoms with Crippen LogP contribution in [0.5, 0.6) is 0 Å². The number of carbonyl (C=O) groups excluding carboxylic acids is 1. The number of carbonyl (C=O) groups is 2. The van der Waals surface area contributed by atoms with Crippen molar-refractivity contribution in [1.82, 2.24) is 5.32 Å². The molecule has 0 aromatic rings. The maximum atomic E-state index is 11.1. The van der Waals surface area contributed by atoms with Gasteiger partial charge in [-0.1, -0.05) is 0 Å². The molecule has 0 saturated carbocycles. The van der Waals surface area contributed by atoms with E-state index in [0.29, 0.717) is 0 Å². The van der Waals surface area contributed by atoms with Crippen molar-refractivity contribution in [1.29, 1.82) is 0 Å². The van der Waals surface area contributed by atoms with E-state index in [1.54, 1.807) is 0 Å². The maximum Gasteiger partial charge on any atom is 0.328 e. The van der Waals surface area contributed by atoms with Crippen molar-refractivity contribution < 1.29 is 19.8 Å². The van der Waals surface area contributed by atoms with Crippen LogP contribution in [0.25, 0.3) is 0 Å². The van der Waals surface area contributed by atoms with E-state index in [0.717, 1.165) is 0 Å². The SMILES string of the molecule is CC(C)(N)C(=O)N[C@@H](CO)C(=O)O. The van der Waals surface area contributed by atoms with Crippen LogP contribution in [0, 0.1) is 0 Å². The van der Waals surface area contributed by atoms with E-state index in [4.69, 9.17) is 15.9 Å². The maximum absolute atomic E-state index is 11.1. The molecular weight excluding hydrogens is 176 g/mol. The zero-order chi connectivity index (χ0) is 10.6. The Morgan fingerprint density at radius 3 is 2.23 bits per heavy atom. The average Bonchev–Trinajstić information content (AvgIpc) is 1.96. The third kappa shape index (κ3) is 3.86. The Labute approximate surface area is 75.7 Å². The molecule has 0 aromatic heterocycles. The molecule has 76 valence electrons. The van der Waals surface area contributed by atoms with Gasteiger partial charge in [-0.3, -0.25) is 4.79 Å². The van der Waals surface area contributed by atoms with Crippen LogP contribution in [0.2, 0.25) is 0 Å². The lowest BCUT2D eigenvalue weighted by atomic mass is 10.1. The Morgan fingerprint density at radius 1 is 1.54 bits per heavy atom. The fourth-order valence-corrected chi connectivity index (χ4v) is 0.530. The smallest absolute Gasteiger partial charge is 0.328 e. The molecule has 1 amide bonds. The van der Waals surface area contributed by atoms with Crippen LogP contribution >= 0.6 is 0 Å². The number of carboxylic acids is 1. The Hall–Kier alpha value is -1.14. The molecule has 0 unspecified atom stereocenters. The molecule has 1 atom stereocenters. The van der Waals surface area contributed by atoms with Gasteiger partial charge in [-0.25, -0.2) is 4.79 Å². The minimum absolute atomic E-state index is 0.617. The van der Waals surface area contributed by atoms with E-state index in [1.165, 1.54) is 13.8 Å². The molecule has 0 fully saturated rings. The van der Waals surface area contributed by atoms with Gasteiger partial charge in [0.2, 0.25) is 5.91 Å². The molecule has 5 N–H and O–H groups in total. The lowest BCUT2D eigenvalue weighted by molar-refractivity contribution is -0.143. The molecule has 13 heavy (non-hydrogen) atoms. The normalized spacial score (nSPS) is 13.5. The Morgan fingerprint density at radius 2 is 2.00 bits per heavy atom. The molecule has 0 bridgehead atoms. The summed E-state index contributed by atoms with van der Waals surface area (Å²) in [6, 6.07) is -1.30. The van der Waals surface area contributed by atoms with Crippen molar-refractivity contribution in [2.75, 3.05) is 6.61 Å². The van der Waals surface area contributed by atoms with Crippen LogP contribution in [0.15, 0.2) is 0 Å². The van der Waals surface area contributed by atoms with E-state index >= 15 is 0 Å². The molecular formula is C7H14N2O4. The standard InChI is InChI=1S/C7H14N2O4/c1-7(2,8)6(13)9-4(3-10)5(11)12/h4,10H,3,8H2,1-2H3,(H,9,13)(H,11,12)/t4-/m0/s1. The van der Waals surface area contributed by atoms with Gasteiger partial charge in [-0.05, 0) is 13.8 Å². The average molecular weight is 190 g/mol. The van der Waals surface area contributed by atoms with Crippen molar-refractivity contribution in [2.45, 2.75) is 25.4 Å². The molecule has 0 spiro atoms. The van der Waals surface area contributed by atoms with E-state index in [1.807, 2.05) is 0 Å². The number of hydrogen-bond donors (Lipinski definition) is 4. The topological polar surface area (TPSA) is 113 Å². The lowest BCUT2D eigenvalue weighted by Gasteiger charge is -2.20. The number of carboxylic acid groups (broad SMARTS) is 1. The fraction of sp³-hybridized carbons (Fsp3) is 0.714. The highest BCUT2D eigenvalue weighted by Crippen LogP contribution is 1.97. The lowest BCUT2D eigenvalue weighted by Crippen LogP contribution is -2.55. The summed E-state index contributed by atoms with van der Waals surface area (Å²) in [4.78, 5) is 21.5. The van der Waals surface area contributed by atoms with Gasteiger partial charge in [-0.15, -0.1) is 0 Å². The Kier molecular flexibility index (Phi) is 3.83. The van der Waals surface area contributed by atoms with Gasteiger partial charge in [0.05, 0.1) is 12.1 Å². The van der Waals surface area contributed by atoms with Gasteiger partial charge in [0.15, 0.2) is 0 Å². The van der Waals surface area contributed by atoms with Gasteiger partial charge in [0.1, 0.15) is 6.04 Å². The first-order valence-corrected chi connectivity index (χ1v) is 3.72. The van der Waals surface area contributed by atoms with Crippen molar-refractivity contribution in [3.8, 4) is 0 Å². The van der Waals surface area contributed by atoms with Crippen molar-refractivity contribution in [3.63, 3.8) is 0 Å². The first-order valence-electron chi connectivity index (χ1n) is 3.72. The van der Waals surface area contributed by atoms with Crippen molar-refractivity contribution in [2.24, 2.45) is 5.73 Å². The fourth-order valence-electron chi connectivity index (χ4n) is 0.530. The molecule has 0 saturated heterocycles. The molecule has 0 aliphatic heterocycles. The van der Waals surface area contributed by atoms with Crippen LogP contribution in [0.1, 0.15) is 13.8 Å². The highest BCUT2D eigenvalue weighted by molar-refractivity contribution is 5.89. The molecule has 0 rings (SSSR count). The van der Waals surface area contributed by atoms with Crippen molar-refractivity contribution in [3.05, 3.63) is 0 Å². The molecule has 6 nitrogen and oxygen atoms in total. The Bertz CT molecular complexity index is 209. The molecule has 6 heteroatoms. The minimum Gasteiger partial charge on any atom is -0.480 e. The quantitative estimate of drug-likeness (QED) is 0.421. The largest absolute Gasteiger partial charge is 0.480 e. The molecule has 0 radical (unpaired) electrons. The number of nitrogens with one attached hydrogen (secondary N) is 1. The zero-order valence-corrected chi connectivity index (χ0v) is 7.57. The first-order chi connectivity index (χ1) is 5.79. The summed E-state index contributed by atoms with van der Waals surface area (Å²) >= 11 is 0. The molecule has 0 aliphatic rings. The number of nitrogens with two attached hydrogens (primary N) is 1. The molecule has 0 heterocycles. The summed E-state index contributed by atoms with van der Waals surface area (Å²) in [7, 11) is 0. The third-order valence-electron chi connectivity index (χ3n) is 1.37. The second-order valence-corrected chi connectivity index (χ2v) is 3.27. The van der Waals surface area contributed by atoms with E-state index in [-0.39, 0.29) is 0 Å². The molecule has 0 aliphatic carbocycles. The highest BCUT2D eigenvalue weighted by atomic mass is 16.4. The van der Waals surface area contributed by atoms with Crippen LogP contribution in [-0.4, -0.2) is 40.3 Å². The van der Waals surface area contributed by atoms with E-state index in [2.05, 4.69) is 5.32 Å². The third-order valence-corrected chi connectivity index (χ3v) is 1.37. The number of rotatable bonds is 4. The number of hydrogen-bond acceptors (Lipinski definition) is 4. The molecule has 0 aromatic carbocycles. The Balaban J connectivity index is 4.26. The monoisotopic (exact) mass is 190 g/mol. The van der Waals surface area contributed by atoms with Gasteiger partial charge in [-0.2, -0.15) is 0 Å². The second-order valence-electron chi connectivity index (χ2n) is 3.27. The van der Waals surface area contributed by atoms with Gasteiger partial charge >= 0.3 is 5.97 Å². The van der Waals surface area contributed by atoms with E-state index < -0.39 is 30.1 Å². The highest BCUT2D eigenvalue weighted by Gasteiger charge is 2.27. The predicted molar refractivity (Wildman–Crippen MR) is 44.9 cm³/mol. The van der Waals surface area contributed by atoms with Gasteiger partial charge < -0.3 is 21.3 Å². The summed E-state index contributed by atoms with van der Waals surface area (Å²) in [6.07, 6.45) is 0. The van der Waals surface area contributed by atoms with Crippen LogP contribution in [0.4, 0.5) is 0 Å². The first kappa shape index (κ1) is 11.9. The summed E-state index contributed by atoms with van der Waals surface area (Å²) < 4.78 is 0. The zero-order valence-electron chi connectivity index (χ0n) is 7.57. The second kappa shape index (κ2) is 4.20. The summed E-state index contributed by atoms with van der Waals surface area (Å²) in [5, 5.41) is 19.1. The van der Waals surface area contributed by atoms with Gasteiger partial charge in [0, 0.05) is 0 Å². The summed E-state index contributed by atoms with van der Waals surface area (Å²) in [5.74, 6) is -1.91. The van der Waals surface area contributed by atoms with Crippen LogP contribution < -0.4 is 11.1 Å². The van der Waals surface area contributed by atoms with Crippen molar-refractivity contribution >= 4 is 11.9 Å². The summed E-state index contributed by atoms with van der Waals surface area (Å²) in [6.45, 7) is 2.23. The number of amides is 1. The number of aliphatic hydroxyl groups is 1. The number of aliphatic carboxylic acids is 1. The van der Waals surface area contributed by atoms with Gasteiger partial charge in [0.25, 0.3) is 0 Å².